The molecule has 2 N–H and O–H groups in total. The molecule has 3 saturated heterocycles. The Morgan fingerprint density at radius 1 is 0.930 bits per heavy atom. The highest BCUT2D eigenvalue weighted by Gasteiger charge is 2.46. The third-order valence-electron chi connectivity index (χ3n) is 12.0. The van der Waals surface area contributed by atoms with E-state index in [4.69, 9.17) is 9.84 Å². The lowest BCUT2D eigenvalue weighted by Gasteiger charge is -2.38. The molecule has 296 valence electrons. The second-order valence-electron chi connectivity index (χ2n) is 15.5. The number of carbonyl (C=O) groups is 5. The first-order chi connectivity index (χ1) is 27.3. The monoisotopic (exact) mass is 784 g/mol. The van der Waals surface area contributed by atoms with Gasteiger partial charge in [-0.05, 0) is 80.5 Å². The molecule has 0 unspecified atom stereocenters. The van der Waals surface area contributed by atoms with Gasteiger partial charge in [-0.1, -0.05) is 6.07 Å². The summed E-state index contributed by atoms with van der Waals surface area (Å²) in [6.45, 7) is 2.67. The third-order valence-corrected chi connectivity index (χ3v) is 12.0. The van der Waals surface area contributed by atoms with Crippen LogP contribution in [0.2, 0.25) is 0 Å². The minimum absolute atomic E-state index is 0.00207. The summed E-state index contributed by atoms with van der Waals surface area (Å²) in [7, 11) is 1.46. The second-order valence-corrected chi connectivity index (χ2v) is 15.5. The molecule has 4 fully saturated rings. The van der Waals surface area contributed by atoms with Crippen LogP contribution in [0.1, 0.15) is 81.2 Å². The summed E-state index contributed by atoms with van der Waals surface area (Å²) in [5, 5.41) is 12.3. The molecule has 0 radical (unpaired) electrons. The van der Waals surface area contributed by atoms with Gasteiger partial charge in [0.1, 0.15) is 5.75 Å². The zero-order chi connectivity index (χ0) is 39.7. The number of aromatic nitrogens is 2. The van der Waals surface area contributed by atoms with Crippen LogP contribution in [0.3, 0.4) is 0 Å². The lowest BCUT2D eigenvalue weighted by molar-refractivity contribution is -0.137. The number of hydrazine groups is 1. The van der Waals surface area contributed by atoms with Crippen molar-refractivity contribution in [2.24, 2.45) is 5.92 Å². The van der Waals surface area contributed by atoms with E-state index in [9.17, 15) is 37.1 Å². The highest BCUT2D eigenvalue weighted by Crippen LogP contribution is 2.40. The first-order valence-corrected chi connectivity index (χ1v) is 19.0. The van der Waals surface area contributed by atoms with Gasteiger partial charge < -0.3 is 15.0 Å². The summed E-state index contributed by atoms with van der Waals surface area (Å²) >= 11 is 0. The van der Waals surface area contributed by atoms with E-state index in [2.05, 4.69) is 20.4 Å². The van der Waals surface area contributed by atoms with Crippen molar-refractivity contribution in [1.29, 1.82) is 0 Å². The molecule has 5 aliphatic rings. The van der Waals surface area contributed by atoms with E-state index in [0.29, 0.717) is 28.9 Å². The van der Waals surface area contributed by atoms with Gasteiger partial charge in [0.15, 0.2) is 0 Å². The molecule has 6 amide bonds. The number of carbonyl (C=O) groups excluding carboxylic acids is 5. The van der Waals surface area contributed by atoms with Crippen LogP contribution in [-0.4, -0.2) is 99.7 Å². The van der Waals surface area contributed by atoms with Gasteiger partial charge in [-0.2, -0.15) is 23.3 Å². The van der Waals surface area contributed by atoms with E-state index in [-0.39, 0.29) is 41.7 Å². The Balaban J connectivity index is 0.799. The summed E-state index contributed by atoms with van der Waals surface area (Å²) in [6, 6.07) is 13.1. The maximum Gasteiger partial charge on any atom is 0.416 e. The summed E-state index contributed by atoms with van der Waals surface area (Å²) in [6.07, 6.45) is 2.39. The van der Waals surface area contributed by atoms with Crippen molar-refractivity contribution in [1.82, 2.24) is 30.0 Å². The molecule has 2 atom stereocenters. The Hall–Kier alpha value is -5.97. The van der Waals surface area contributed by atoms with Crippen molar-refractivity contribution in [3.63, 3.8) is 0 Å². The normalized spacial score (nSPS) is 23.8. The number of rotatable bonds is 8. The van der Waals surface area contributed by atoms with Crippen LogP contribution in [0.25, 0.3) is 10.9 Å². The molecule has 5 heterocycles. The number of imide groups is 2. The summed E-state index contributed by atoms with van der Waals surface area (Å²) < 4.78 is 47.2. The number of halogens is 3. The molecule has 57 heavy (non-hydrogen) atoms. The number of fused-ring (bicyclic) bond motifs is 4. The Morgan fingerprint density at radius 3 is 2.44 bits per heavy atom. The van der Waals surface area contributed by atoms with E-state index in [1.807, 2.05) is 16.9 Å². The molecule has 4 aliphatic heterocycles. The lowest BCUT2D eigenvalue weighted by Crippen LogP contribution is -2.58. The van der Waals surface area contributed by atoms with E-state index in [1.54, 1.807) is 24.3 Å². The molecule has 1 aliphatic carbocycles. The number of urea groups is 1. The molecular formula is C40H39F3N8O6. The number of benzene rings is 3. The fourth-order valence-corrected chi connectivity index (χ4v) is 9.13. The van der Waals surface area contributed by atoms with Gasteiger partial charge in [0.05, 0.1) is 47.6 Å². The number of nitrogens with one attached hydrogen (secondary N) is 2. The van der Waals surface area contributed by atoms with Gasteiger partial charge in [0, 0.05) is 67.0 Å². The van der Waals surface area contributed by atoms with Crippen LogP contribution in [0, 0.1) is 5.92 Å². The first kappa shape index (κ1) is 36.7. The Morgan fingerprint density at radius 2 is 1.72 bits per heavy atom. The lowest BCUT2D eigenvalue weighted by atomic mass is 9.85. The quantitative estimate of drug-likeness (QED) is 0.222. The molecule has 0 spiro atoms. The zero-order valence-corrected chi connectivity index (χ0v) is 30.9. The number of methoxy groups -OCH3 is 1. The van der Waals surface area contributed by atoms with Gasteiger partial charge in [-0.15, -0.1) is 0 Å². The average molecular weight is 785 g/mol. The number of hydrogen-bond acceptors (Lipinski definition) is 9. The van der Waals surface area contributed by atoms with Crippen molar-refractivity contribution in [3.05, 3.63) is 83.0 Å². The molecule has 9 rings (SSSR count). The van der Waals surface area contributed by atoms with Gasteiger partial charge >= 0.3 is 12.2 Å². The van der Waals surface area contributed by atoms with Crippen molar-refractivity contribution < 1.29 is 41.9 Å². The predicted molar refractivity (Wildman–Crippen MR) is 200 cm³/mol. The fourth-order valence-electron chi connectivity index (χ4n) is 9.13. The topological polar surface area (TPSA) is 149 Å². The summed E-state index contributed by atoms with van der Waals surface area (Å²) in [4.78, 5) is 68.4. The van der Waals surface area contributed by atoms with Gasteiger partial charge in [-0.3, -0.25) is 34.1 Å². The van der Waals surface area contributed by atoms with E-state index < -0.39 is 41.4 Å². The minimum Gasteiger partial charge on any atom is -0.494 e. The second kappa shape index (κ2) is 13.9. The number of ether oxygens (including phenoxy) is 1. The van der Waals surface area contributed by atoms with Crippen molar-refractivity contribution in [2.45, 2.75) is 62.8 Å². The molecule has 14 nitrogen and oxygen atoms in total. The number of hydrogen-bond donors (Lipinski definition) is 2. The highest BCUT2D eigenvalue weighted by molar-refractivity contribution is 6.22. The minimum atomic E-state index is -4.57. The zero-order valence-electron chi connectivity index (χ0n) is 30.9. The van der Waals surface area contributed by atoms with E-state index >= 15 is 0 Å². The number of amides is 6. The van der Waals surface area contributed by atoms with E-state index in [0.717, 1.165) is 85.0 Å². The standard InChI is InChI=1S/C40H39F3N8O6/c1-57-34-17-32-24(14-33(34)44-36(53)23-3-2-4-25(13-23)40(41,42)43)19-49(46-32)26-7-5-22(6-8-26)18-47-20-29-15-28(47)21-48(29)27-9-10-30-31(16-27)38(55)51(37(30)54)50-12-11-35(52)45-39(50)56/h2-4,9-10,13-14,16-17,19,22,26,28-29H,5-8,11-12,15,18,20-21H2,1H3,(H,44,53)(H,45,52,56)/t22?,26?,28-,29-/m1/s1. The Labute approximate surface area is 324 Å². The molecule has 1 aromatic heterocycles. The maximum atomic E-state index is 13.4. The molecule has 1 saturated carbocycles. The SMILES string of the molecule is COc1cc2nn(C3CCC(CN4C[C@H]5C[C@@H]4CN5c4ccc5c(c4)C(=O)N(N4CCC(=O)NC4=O)C5=O)CC3)cc2cc1NC(=O)c1cccc(C(F)(F)F)c1. The van der Waals surface area contributed by atoms with Crippen LogP contribution >= 0.6 is 0 Å². The molecule has 17 heteroatoms. The maximum absolute atomic E-state index is 13.4. The van der Waals surface area contributed by atoms with Gasteiger partial charge in [-0.25, -0.2) is 9.80 Å². The van der Waals surface area contributed by atoms with Crippen LogP contribution in [0.15, 0.2) is 60.8 Å². The van der Waals surface area contributed by atoms with Crippen LogP contribution in [0.5, 0.6) is 5.75 Å². The molecule has 3 aromatic carbocycles. The summed E-state index contributed by atoms with van der Waals surface area (Å²) in [5.41, 5.74) is 1.37. The Bertz CT molecular complexity index is 2340. The number of nitrogens with zero attached hydrogens (tertiary/aromatic N) is 6. The van der Waals surface area contributed by atoms with Crippen molar-refractivity contribution in [3.8, 4) is 5.75 Å². The largest absolute Gasteiger partial charge is 0.494 e. The van der Waals surface area contributed by atoms with Gasteiger partial charge in [0.2, 0.25) is 5.91 Å². The fraction of sp³-hybridized carbons (Fsp3) is 0.400. The van der Waals surface area contributed by atoms with Crippen molar-refractivity contribution >= 4 is 51.9 Å². The molecular weight excluding hydrogens is 745 g/mol. The van der Waals surface area contributed by atoms with Gasteiger partial charge in [0.25, 0.3) is 17.7 Å². The number of anilines is 2. The van der Waals surface area contributed by atoms with Crippen LogP contribution in [-0.2, 0) is 11.0 Å². The van der Waals surface area contributed by atoms with Crippen LogP contribution < -0.4 is 20.3 Å². The summed E-state index contributed by atoms with van der Waals surface area (Å²) in [5.74, 6) is -1.39. The first-order valence-electron chi connectivity index (χ1n) is 19.0. The molecule has 2 bridgehead atoms. The molecule has 4 aromatic rings. The number of likely N-dealkylation sites (tertiary alicyclic amines) is 1. The Kier molecular flexibility index (Phi) is 8.94. The highest BCUT2D eigenvalue weighted by atomic mass is 19.4. The third kappa shape index (κ3) is 6.62. The van der Waals surface area contributed by atoms with Crippen molar-refractivity contribution in [2.75, 3.05) is 43.5 Å². The average Bonchev–Trinajstić information content (AvgIpc) is 3.97. The predicted octanol–water partition coefficient (Wildman–Crippen LogP) is 5.46. The van der Waals surface area contributed by atoms with Crippen LogP contribution in [0.4, 0.5) is 29.3 Å². The van der Waals surface area contributed by atoms with E-state index in [1.165, 1.54) is 19.2 Å². The number of alkyl halides is 3. The number of piperazine rings is 1. The smallest absolute Gasteiger partial charge is 0.416 e.